The van der Waals surface area contributed by atoms with E-state index in [9.17, 15) is 9.18 Å². The number of aryl methyl sites for hydroxylation is 1. The van der Waals surface area contributed by atoms with E-state index in [2.05, 4.69) is 24.8 Å². The van der Waals surface area contributed by atoms with Crippen molar-refractivity contribution in [3.05, 3.63) is 59.9 Å². The lowest BCUT2D eigenvalue weighted by atomic mass is 10.0. The van der Waals surface area contributed by atoms with E-state index in [-0.39, 0.29) is 5.91 Å². The minimum absolute atomic E-state index is 0.175. The maximum absolute atomic E-state index is 14.1. The summed E-state index contributed by atoms with van der Waals surface area (Å²) in [5.41, 5.74) is 0.855. The summed E-state index contributed by atoms with van der Waals surface area (Å²) >= 11 is 0. The second-order valence-corrected chi connectivity index (χ2v) is 8.92. The molecule has 170 valence electrons. The van der Waals surface area contributed by atoms with Gasteiger partial charge in [0, 0.05) is 76.1 Å². The maximum Gasteiger partial charge on any atom is 0.254 e. The molecule has 1 amide bonds. The van der Waals surface area contributed by atoms with E-state index in [0.717, 1.165) is 30.5 Å². The molecule has 2 saturated heterocycles. The minimum Gasteiger partial charge on any atom is -0.363 e. The summed E-state index contributed by atoms with van der Waals surface area (Å²) < 4.78 is 14.1. The number of likely N-dealkylation sites (tertiary alicyclic amines) is 1. The fraction of sp³-hybridized carbons (Fsp3) is 0.375. The predicted molar refractivity (Wildman–Crippen MR) is 124 cm³/mol. The van der Waals surface area contributed by atoms with Crippen molar-refractivity contribution >= 4 is 17.5 Å². The molecule has 2 aliphatic heterocycles. The average molecular weight is 448 g/mol. The van der Waals surface area contributed by atoms with E-state index in [1.165, 1.54) is 12.1 Å². The molecule has 0 saturated carbocycles. The fourth-order valence-electron chi connectivity index (χ4n) is 4.77. The van der Waals surface area contributed by atoms with Crippen molar-refractivity contribution in [1.82, 2.24) is 24.8 Å². The molecule has 5 rings (SSSR count). The Kier molecular flexibility index (Phi) is 5.39. The summed E-state index contributed by atoms with van der Waals surface area (Å²) in [6.07, 6.45) is 3.23. The Balaban J connectivity index is 1.33. The van der Waals surface area contributed by atoms with Crippen LogP contribution in [0.2, 0.25) is 0 Å². The van der Waals surface area contributed by atoms with Crippen molar-refractivity contribution < 1.29 is 9.18 Å². The van der Waals surface area contributed by atoms with Crippen molar-refractivity contribution in [3.63, 3.8) is 0 Å². The molecule has 33 heavy (non-hydrogen) atoms. The van der Waals surface area contributed by atoms with Crippen molar-refractivity contribution in [2.45, 2.75) is 6.92 Å². The fourth-order valence-corrected chi connectivity index (χ4v) is 4.77. The van der Waals surface area contributed by atoms with Crippen LogP contribution in [0.15, 0.2) is 42.7 Å². The molecule has 2 aliphatic rings. The first-order valence-corrected chi connectivity index (χ1v) is 11.0. The SMILES string of the molecule is Cc1nc(N(C)C)cc(N2CC3CN(C(=O)c4cc(F)ccc4-c4ncccn4)CC3C2)n1. The van der Waals surface area contributed by atoms with Gasteiger partial charge in [0.05, 0.1) is 5.56 Å². The van der Waals surface area contributed by atoms with Gasteiger partial charge in [-0.25, -0.2) is 24.3 Å². The third-order valence-corrected chi connectivity index (χ3v) is 6.39. The first kappa shape index (κ1) is 21.2. The van der Waals surface area contributed by atoms with Gasteiger partial charge in [-0.2, -0.15) is 0 Å². The lowest BCUT2D eigenvalue weighted by molar-refractivity contribution is 0.0783. The van der Waals surface area contributed by atoms with Gasteiger partial charge in [-0.3, -0.25) is 4.79 Å². The molecular weight excluding hydrogens is 421 g/mol. The molecule has 2 unspecified atom stereocenters. The second-order valence-electron chi connectivity index (χ2n) is 8.92. The zero-order valence-electron chi connectivity index (χ0n) is 18.9. The number of benzene rings is 1. The first-order chi connectivity index (χ1) is 15.9. The summed E-state index contributed by atoms with van der Waals surface area (Å²) in [7, 11) is 3.93. The van der Waals surface area contributed by atoms with Gasteiger partial charge in [-0.05, 0) is 31.2 Å². The molecule has 0 radical (unpaired) electrons. The van der Waals surface area contributed by atoms with Crippen LogP contribution in [0, 0.1) is 24.6 Å². The molecule has 9 heteroatoms. The van der Waals surface area contributed by atoms with Crippen LogP contribution in [0.1, 0.15) is 16.2 Å². The first-order valence-electron chi connectivity index (χ1n) is 11.0. The Morgan fingerprint density at radius 1 is 1.03 bits per heavy atom. The smallest absolute Gasteiger partial charge is 0.254 e. The lowest BCUT2D eigenvalue weighted by Crippen LogP contribution is -2.34. The van der Waals surface area contributed by atoms with E-state index < -0.39 is 5.82 Å². The molecule has 0 bridgehead atoms. The number of hydrogen-bond donors (Lipinski definition) is 0. The Morgan fingerprint density at radius 3 is 2.39 bits per heavy atom. The number of amides is 1. The molecular formula is C24H26FN7O. The second kappa shape index (κ2) is 8.38. The zero-order chi connectivity index (χ0) is 23.1. The Morgan fingerprint density at radius 2 is 1.73 bits per heavy atom. The number of hydrogen-bond acceptors (Lipinski definition) is 7. The van der Waals surface area contributed by atoms with Gasteiger partial charge >= 0.3 is 0 Å². The van der Waals surface area contributed by atoms with E-state index >= 15 is 0 Å². The summed E-state index contributed by atoms with van der Waals surface area (Å²) in [5.74, 6) is 3.04. The lowest BCUT2D eigenvalue weighted by Gasteiger charge is -2.24. The van der Waals surface area contributed by atoms with Crippen molar-refractivity contribution in [2.24, 2.45) is 11.8 Å². The van der Waals surface area contributed by atoms with E-state index in [1.54, 1.807) is 24.5 Å². The molecule has 0 spiro atoms. The third-order valence-electron chi connectivity index (χ3n) is 6.39. The molecule has 0 N–H and O–H groups in total. The summed E-state index contributed by atoms with van der Waals surface area (Å²) in [6, 6.07) is 7.93. The molecule has 3 aromatic rings. The van der Waals surface area contributed by atoms with Gasteiger partial charge < -0.3 is 14.7 Å². The molecule has 4 heterocycles. The number of carbonyl (C=O) groups excluding carboxylic acids is 1. The van der Waals surface area contributed by atoms with Gasteiger partial charge in [0.2, 0.25) is 0 Å². The number of rotatable bonds is 4. The van der Waals surface area contributed by atoms with Crippen molar-refractivity contribution in [1.29, 1.82) is 0 Å². The summed E-state index contributed by atoms with van der Waals surface area (Å²) in [6.45, 7) is 4.83. The molecule has 2 atom stereocenters. The van der Waals surface area contributed by atoms with Crippen LogP contribution >= 0.6 is 0 Å². The number of nitrogens with zero attached hydrogens (tertiary/aromatic N) is 7. The Hall–Kier alpha value is -3.62. The highest BCUT2D eigenvalue weighted by Gasteiger charge is 2.42. The van der Waals surface area contributed by atoms with Gasteiger partial charge in [-0.1, -0.05) is 0 Å². The largest absolute Gasteiger partial charge is 0.363 e. The number of aromatic nitrogens is 4. The Bertz CT molecular complexity index is 1170. The summed E-state index contributed by atoms with van der Waals surface area (Å²) in [5, 5.41) is 0. The topological polar surface area (TPSA) is 78.4 Å². The van der Waals surface area contributed by atoms with E-state index in [0.29, 0.717) is 41.9 Å². The molecule has 0 aliphatic carbocycles. The maximum atomic E-state index is 14.1. The molecule has 1 aromatic carbocycles. The minimum atomic E-state index is -0.445. The average Bonchev–Trinajstić information content (AvgIpc) is 3.38. The Labute approximate surface area is 192 Å². The van der Waals surface area contributed by atoms with Crippen molar-refractivity contribution in [2.75, 3.05) is 50.1 Å². The molecule has 2 fully saturated rings. The van der Waals surface area contributed by atoms with Crippen LogP contribution in [0.3, 0.4) is 0 Å². The van der Waals surface area contributed by atoms with Crippen LogP contribution in [0.5, 0.6) is 0 Å². The van der Waals surface area contributed by atoms with Gasteiger partial charge in [0.1, 0.15) is 23.3 Å². The van der Waals surface area contributed by atoms with E-state index in [1.807, 2.05) is 36.9 Å². The molecule has 2 aromatic heterocycles. The van der Waals surface area contributed by atoms with E-state index in [4.69, 9.17) is 0 Å². The van der Waals surface area contributed by atoms with Crippen LogP contribution in [-0.4, -0.2) is 71.0 Å². The van der Waals surface area contributed by atoms with Crippen LogP contribution < -0.4 is 9.80 Å². The van der Waals surface area contributed by atoms with Gasteiger partial charge in [0.25, 0.3) is 5.91 Å². The highest BCUT2D eigenvalue weighted by molar-refractivity contribution is 6.00. The van der Waals surface area contributed by atoms with Crippen molar-refractivity contribution in [3.8, 4) is 11.4 Å². The number of halogens is 1. The normalized spacial score (nSPS) is 19.6. The van der Waals surface area contributed by atoms with Gasteiger partial charge in [0.15, 0.2) is 5.82 Å². The number of carbonyl (C=O) groups is 1. The standard InChI is InChI=1S/C24H26FN7O/c1-15-28-21(30(2)3)10-22(29-15)31-11-16-13-32(14-17(16)12-31)24(33)20-9-18(25)5-6-19(20)23-26-7-4-8-27-23/h4-10,16-17H,11-14H2,1-3H3. The highest BCUT2D eigenvalue weighted by atomic mass is 19.1. The highest BCUT2D eigenvalue weighted by Crippen LogP contribution is 2.35. The monoisotopic (exact) mass is 447 g/mol. The van der Waals surface area contributed by atoms with Crippen LogP contribution in [0.4, 0.5) is 16.0 Å². The molecule has 8 nitrogen and oxygen atoms in total. The van der Waals surface area contributed by atoms with Gasteiger partial charge in [-0.15, -0.1) is 0 Å². The predicted octanol–water partition coefficient (Wildman–Crippen LogP) is 2.66. The summed E-state index contributed by atoms with van der Waals surface area (Å²) in [4.78, 5) is 37.1. The quantitative estimate of drug-likeness (QED) is 0.608. The van der Waals surface area contributed by atoms with Crippen LogP contribution in [-0.2, 0) is 0 Å². The van der Waals surface area contributed by atoms with Crippen LogP contribution in [0.25, 0.3) is 11.4 Å². The number of fused-ring (bicyclic) bond motifs is 1. The number of anilines is 2. The third kappa shape index (κ3) is 4.10. The zero-order valence-corrected chi connectivity index (χ0v) is 18.9.